The fraction of sp³-hybridized carbons (Fsp3) is 0.625. The van der Waals surface area contributed by atoms with E-state index in [0.717, 1.165) is 24.3 Å². The summed E-state index contributed by atoms with van der Waals surface area (Å²) >= 11 is 0. The van der Waals surface area contributed by atoms with Gasteiger partial charge < -0.3 is 14.7 Å². The van der Waals surface area contributed by atoms with Crippen molar-refractivity contribution in [3.63, 3.8) is 0 Å². The van der Waals surface area contributed by atoms with E-state index >= 15 is 0 Å². The molecular formula is C16H25NO2. The SMILES string of the molecule is CC(O)c1ccccc1OCCC1CCCCN1C. The molecule has 2 unspecified atom stereocenters. The maximum Gasteiger partial charge on any atom is 0.125 e. The molecule has 0 radical (unpaired) electrons. The normalized spacial score (nSPS) is 22.2. The summed E-state index contributed by atoms with van der Waals surface area (Å²) in [5.41, 5.74) is 0.875. The van der Waals surface area contributed by atoms with E-state index in [9.17, 15) is 5.11 Å². The number of rotatable bonds is 5. The summed E-state index contributed by atoms with van der Waals surface area (Å²) in [6.45, 7) is 3.70. The lowest BCUT2D eigenvalue weighted by Gasteiger charge is -2.32. The predicted molar refractivity (Wildman–Crippen MR) is 77.5 cm³/mol. The number of aliphatic hydroxyl groups excluding tert-OH is 1. The van der Waals surface area contributed by atoms with Crippen LogP contribution in [0.5, 0.6) is 5.75 Å². The van der Waals surface area contributed by atoms with Crippen molar-refractivity contribution in [1.82, 2.24) is 4.90 Å². The van der Waals surface area contributed by atoms with Crippen molar-refractivity contribution in [2.45, 2.75) is 44.8 Å². The molecule has 1 heterocycles. The van der Waals surface area contributed by atoms with Crippen LogP contribution in [0.1, 0.15) is 44.3 Å². The lowest BCUT2D eigenvalue weighted by atomic mass is 10.0. The molecule has 1 aliphatic rings. The monoisotopic (exact) mass is 263 g/mol. The molecule has 106 valence electrons. The van der Waals surface area contributed by atoms with Crippen LogP contribution in [-0.4, -0.2) is 36.2 Å². The van der Waals surface area contributed by atoms with Gasteiger partial charge in [-0.3, -0.25) is 0 Å². The third-order valence-corrected chi connectivity index (χ3v) is 4.00. The van der Waals surface area contributed by atoms with Crippen molar-refractivity contribution < 1.29 is 9.84 Å². The zero-order chi connectivity index (χ0) is 13.7. The minimum atomic E-state index is -0.478. The molecule has 1 aromatic rings. The fourth-order valence-electron chi connectivity index (χ4n) is 2.77. The van der Waals surface area contributed by atoms with Gasteiger partial charge in [-0.15, -0.1) is 0 Å². The highest BCUT2D eigenvalue weighted by molar-refractivity contribution is 5.34. The molecule has 0 bridgehead atoms. The molecular weight excluding hydrogens is 238 g/mol. The van der Waals surface area contributed by atoms with Crippen molar-refractivity contribution in [1.29, 1.82) is 0 Å². The van der Waals surface area contributed by atoms with Gasteiger partial charge >= 0.3 is 0 Å². The van der Waals surface area contributed by atoms with Gasteiger partial charge in [0.2, 0.25) is 0 Å². The molecule has 1 N–H and O–H groups in total. The number of aliphatic hydroxyl groups is 1. The highest BCUT2D eigenvalue weighted by atomic mass is 16.5. The van der Waals surface area contributed by atoms with E-state index in [4.69, 9.17) is 4.74 Å². The number of piperidine rings is 1. The van der Waals surface area contributed by atoms with Crippen LogP contribution in [0.25, 0.3) is 0 Å². The van der Waals surface area contributed by atoms with Crippen molar-refractivity contribution in [2.75, 3.05) is 20.2 Å². The van der Waals surface area contributed by atoms with Crippen LogP contribution in [0.15, 0.2) is 24.3 Å². The predicted octanol–water partition coefficient (Wildman–Crippen LogP) is 2.99. The molecule has 1 saturated heterocycles. The number of ether oxygens (including phenoxy) is 1. The van der Waals surface area contributed by atoms with Gasteiger partial charge in [0.15, 0.2) is 0 Å². The number of nitrogens with zero attached hydrogens (tertiary/aromatic N) is 1. The summed E-state index contributed by atoms with van der Waals surface area (Å²) in [5, 5.41) is 9.71. The van der Waals surface area contributed by atoms with E-state index in [1.807, 2.05) is 24.3 Å². The number of benzene rings is 1. The van der Waals surface area contributed by atoms with Gasteiger partial charge in [0.05, 0.1) is 12.7 Å². The molecule has 3 heteroatoms. The third kappa shape index (κ3) is 3.95. The summed E-state index contributed by atoms with van der Waals surface area (Å²) in [6, 6.07) is 8.39. The molecule has 1 fully saturated rings. The van der Waals surface area contributed by atoms with Crippen LogP contribution >= 0.6 is 0 Å². The molecule has 0 aliphatic carbocycles. The fourth-order valence-corrected chi connectivity index (χ4v) is 2.77. The molecule has 0 spiro atoms. The maximum atomic E-state index is 9.71. The van der Waals surface area contributed by atoms with Gasteiger partial charge in [0, 0.05) is 11.6 Å². The van der Waals surface area contributed by atoms with Crippen molar-refractivity contribution in [3.05, 3.63) is 29.8 Å². The number of hydrogen-bond acceptors (Lipinski definition) is 3. The molecule has 2 rings (SSSR count). The topological polar surface area (TPSA) is 32.7 Å². The number of likely N-dealkylation sites (tertiary alicyclic amines) is 1. The zero-order valence-corrected chi connectivity index (χ0v) is 12.0. The first-order chi connectivity index (χ1) is 9.18. The first-order valence-corrected chi connectivity index (χ1v) is 7.28. The number of hydrogen-bond donors (Lipinski definition) is 1. The highest BCUT2D eigenvalue weighted by Gasteiger charge is 2.18. The van der Waals surface area contributed by atoms with E-state index in [-0.39, 0.29) is 0 Å². The molecule has 3 nitrogen and oxygen atoms in total. The molecule has 2 atom stereocenters. The molecule has 0 aromatic heterocycles. The van der Waals surface area contributed by atoms with E-state index < -0.39 is 6.10 Å². The van der Waals surface area contributed by atoms with Crippen LogP contribution < -0.4 is 4.74 Å². The van der Waals surface area contributed by atoms with Crippen molar-refractivity contribution in [2.24, 2.45) is 0 Å². The quantitative estimate of drug-likeness (QED) is 0.886. The van der Waals surface area contributed by atoms with E-state index in [1.165, 1.54) is 25.8 Å². The Bertz CT molecular complexity index is 392. The highest BCUT2D eigenvalue weighted by Crippen LogP contribution is 2.25. The Morgan fingerprint density at radius 3 is 2.89 bits per heavy atom. The molecule has 1 aliphatic heterocycles. The van der Waals surface area contributed by atoms with Crippen molar-refractivity contribution in [3.8, 4) is 5.75 Å². The summed E-state index contributed by atoms with van der Waals surface area (Å²) in [4.78, 5) is 2.44. The Morgan fingerprint density at radius 2 is 2.16 bits per heavy atom. The Labute approximate surface area is 116 Å². The van der Waals surface area contributed by atoms with Gasteiger partial charge in [-0.25, -0.2) is 0 Å². The van der Waals surface area contributed by atoms with Gasteiger partial charge in [0.25, 0.3) is 0 Å². The number of para-hydroxylation sites is 1. The average Bonchev–Trinajstić information content (AvgIpc) is 2.41. The smallest absolute Gasteiger partial charge is 0.125 e. The first kappa shape index (κ1) is 14.4. The summed E-state index contributed by atoms with van der Waals surface area (Å²) in [7, 11) is 2.20. The molecule has 1 aromatic carbocycles. The second-order valence-electron chi connectivity index (χ2n) is 5.48. The van der Waals surface area contributed by atoms with E-state index in [0.29, 0.717) is 6.04 Å². The van der Waals surface area contributed by atoms with Crippen LogP contribution in [0.3, 0.4) is 0 Å². The lowest BCUT2D eigenvalue weighted by Crippen LogP contribution is -2.37. The molecule has 0 saturated carbocycles. The van der Waals surface area contributed by atoms with Crippen LogP contribution in [0, 0.1) is 0 Å². The summed E-state index contributed by atoms with van der Waals surface area (Å²) in [5.74, 6) is 0.816. The Kier molecular flexibility index (Phi) is 5.23. The third-order valence-electron chi connectivity index (χ3n) is 4.00. The van der Waals surface area contributed by atoms with Gasteiger partial charge in [0.1, 0.15) is 5.75 Å². The Hall–Kier alpha value is -1.06. The van der Waals surface area contributed by atoms with Crippen molar-refractivity contribution >= 4 is 0 Å². The van der Waals surface area contributed by atoms with Crippen LogP contribution in [0.4, 0.5) is 0 Å². The van der Waals surface area contributed by atoms with E-state index in [1.54, 1.807) is 6.92 Å². The van der Waals surface area contributed by atoms with Crippen LogP contribution in [-0.2, 0) is 0 Å². The lowest BCUT2D eigenvalue weighted by molar-refractivity contribution is 0.149. The minimum Gasteiger partial charge on any atom is -0.493 e. The maximum absolute atomic E-state index is 9.71. The second kappa shape index (κ2) is 6.92. The summed E-state index contributed by atoms with van der Waals surface area (Å²) < 4.78 is 5.86. The Balaban J connectivity index is 1.85. The van der Waals surface area contributed by atoms with E-state index in [2.05, 4.69) is 11.9 Å². The van der Waals surface area contributed by atoms with Gasteiger partial charge in [-0.1, -0.05) is 24.6 Å². The standard InChI is InChI=1S/C16H25NO2/c1-13(18)15-8-3-4-9-16(15)19-12-10-14-7-5-6-11-17(14)2/h3-4,8-9,13-14,18H,5-7,10-12H2,1-2H3. The van der Waals surface area contributed by atoms with Gasteiger partial charge in [-0.05, 0) is 45.8 Å². The molecule has 19 heavy (non-hydrogen) atoms. The minimum absolute atomic E-state index is 0.478. The van der Waals surface area contributed by atoms with Crippen LogP contribution in [0.2, 0.25) is 0 Å². The Morgan fingerprint density at radius 1 is 1.37 bits per heavy atom. The van der Waals surface area contributed by atoms with Gasteiger partial charge in [-0.2, -0.15) is 0 Å². The largest absolute Gasteiger partial charge is 0.493 e. The first-order valence-electron chi connectivity index (χ1n) is 7.28. The zero-order valence-electron chi connectivity index (χ0n) is 12.0. The molecule has 0 amide bonds. The second-order valence-corrected chi connectivity index (χ2v) is 5.48. The summed E-state index contributed by atoms with van der Waals surface area (Å²) in [6.07, 6.45) is 4.51. The average molecular weight is 263 g/mol.